The standard InChI is InChI=1S/C10H11BrO2/c1-10(13-11,9-7-12-9)8-5-3-2-4-6-8/h2-6,9H,7H2,1H3. The number of rotatable bonds is 3. The van der Waals surface area contributed by atoms with Crippen molar-refractivity contribution in [1.29, 1.82) is 0 Å². The van der Waals surface area contributed by atoms with Gasteiger partial charge in [0.2, 0.25) is 0 Å². The summed E-state index contributed by atoms with van der Waals surface area (Å²) < 4.78 is 10.6. The average molecular weight is 243 g/mol. The van der Waals surface area contributed by atoms with E-state index >= 15 is 0 Å². The highest BCUT2D eigenvalue weighted by Gasteiger charge is 2.45. The minimum atomic E-state index is -0.360. The van der Waals surface area contributed by atoms with E-state index in [1.165, 1.54) is 0 Å². The lowest BCUT2D eigenvalue weighted by Crippen LogP contribution is -2.29. The van der Waals surface area contributed by atoms with E-state index in [1.807, 2.05) is 37.3 Å². The maximum atomic E-state index is 5.34. The van der Waals surface area contributed by atoms with E-state index in [4.69, 9.17) is 8.57 Å². The Morgan fingerprint density at radius 1 is 1.46 bits per heavy atom. The van der Waals surface area contributed by atoms with Crippen LogP contribution in [-0.4, -0.2) is 12.7 Å². The van der Waals surface area contributed by atoms with Crippen LogP contribution in [0.15, 0.2) is 30.3 Å². The maximum Gasteiger partial charge on any atom is 0.133 e. The van der Waals surface area contributed by atoms with E-state index in [0.29, 0.717) is 0 Å². The first-order valence-electron chi connectivity index (χ1n) is 4.24. The fourth-order valence-electron chi connectivity index (χ4n) is 1.42. The molecule has 1 fully saturated rings. The summed E-state index contributed by atoms with van der Waals surface area (Å²) in [7, 11) is 0. The lowest BCUT2D eigenvalue weighted by molar-refractivity contribution is 0.0881. The predicted molar refractivity (Wildman–Crippen MR) is 53.5 cm³/mol. The van der Waals surface area contributed by atoms with Gasteiger partial charge in [-0.1, -0.05) is 30.3 Å². The third-order valence-electron chi connectivity index (χ3n) is 2.45. The van der Waals surface area contributed by atoms with E-state index in [1.54, 1.807) is 0 Å². The highest BCUT2D eigenvalue weighted by Crippen LogP contribution is 2.38. The van der Waals surface area contributed by atoms with E-state index in [0.717, 1.165) is 12.2 Å². The summed E-state index contributed by atoms with van der Waals surface area (Å²) >= 11 is 3.07. The zero-order chi connectivity index (χ0) is 9.31. The number of hydrogen-bond acceptors (Lipinski definition) is 2. The quantitative estimate of drug-likeness (QED) is 0.761. The van der Waals surface area contributed by atoms with Crippen molar-refractivity contribution in [2.24, 2.45) is 0 Å². The Kier molecular flexibility index (Phi) is 2.41. The summed E-state index contributed by atoms with van der Waals surface area (Å²) in [6.45, 7) is 2.80. The lowest BCUT2D eigenvalue weighted by Gasteiger charge is -2.24. The minimum Gasteiger partial charge on any atom is -0.370 e. The first-order chi connectivity index (χ1) is 6.27. The van der Waals surface area contributed by atoms with Crippen molar-refractivity contribution in [1.82, 2.24) is 0 Å². The molecule has 0 amide bonds. The van der Waals surface area contributed by atoms with Crippen molar-refractivity contribution in [3.05, 3.63) is 35.9 Å². The van der Waals surface area contributed by atoms with Gasteiger partial charge < -0.3 is 4.74 Å². The molecule has 3 heteroatoms. The Bertz CT molecular complexity index is 284. The topological polar surface area (TPSA) is 21.8 Å². The van der Waals surface area contributed by atoms with E-state index < -0.39 is 0 Å². The smallest absolute Gasteiger partial charge is 0.133 e. The maximum absolute atomic E-state index is 5.34. The van der Waals surface area contributed by atoms with Gasteiger partial charge in [0.05, 0.1) is 22.9 Å². The van der Waals surface area contributed by atoms with Crippen molar-refractivity contribution in [3.8, 4) is 0 Å². The number of ether oxygens (including phenoxy) is 1. The van der Waals surface area contributed by atoms with Crippen LogP contribution < -0.4 is 0 Å². The highest BCUT2D eigenvalue weighted by atomic mass is 79.9. The van der Waals surface area contributed by atoms with Gasteiger partial charge in [0.1, 0.15) is 11.7 Å². The van der Waals surface area contributed by atoms with Crippen molar-refractivity contribution in [3.63, 3.8) is 0 Å². The zero-order valence-corrected chi connectivity index (χ0v) is 8.95. The first-order valence-corrected chi connectivity index (χ1v) is 4.89. The van der Waals surface area contributed by atoms with Gasteiger partial charge in [-0.2, -0.15) is 0 Å². The summed E-state index contributed by atoms with van der Waals surface area (Å²) in [5.41, 5.74) is 0.774. The molecule has 0 saturated carbocycles. The van der Waals surface area contributed by atoms with Crippen LogP contribution in [0.25, 0.3) is 0 Å². The highest BCUT2D eigenvalue weighted by molar-refractivity contribution is 9.06. The molecule has 0 spiro atoms. The van der Waals surface area contributed by atoms with Gasteiger partial charge in [0.25, 0.3) is 0 Å². The predicted octanol–water partition coefficient (Wildman–Crippen LogP) is 2.63. The van der Waals surface area contributed by atoms with Crippen LogP contribution >= 0.6 is 16.3 Å². The molecule has 2 atom stereocenters. The third-order valence-corrected chi connectivity index (χ3v) is 3.13. The summed E-state index contributed by atoms with van der Waals surface area (Å²) in [4.78, 5) is 0. The van der Waals surface area contributed by atoms with Gasteiger partial charge in [-0.05, 0) is 12.5 Å². The Morgan fingerprint density at radius 3 is 2.54 bits per heavy atom. The molecule has 2 rings (SSSR count). The fourth-order valence-corrected chi connectivity index (χ4v) is 1.81. The second-order valence-electron chi connectivity index (χ2n) is 3.37. The number of halogens is 1. The molecular formula is C10H11BrO2. The molecule has 0 aliphatic carbocycles. The van der Waals surface area contributed by atoms with Crippen molar-refractivity contribution < 1.29 is 8.57 Å². The number of epoxide rings is 1. The molecule has 0 radical (unpaired) electrons. The van der Waals surface area contributed by atoms with Crippen LogP contribution in [0.1, 0.15) is 12.5 Å². The van der Waals surface area contributed by atoms with E-state index in [9.17, 15) is 0 Å². The van der Waals surface area contributed by atoms with E-state index in [-0.39, 0.29) is 11.7 Å². The van der Waals surface area contributed by atoms with Gasteiger partial charge >= 0.3 is 0 Å². The summed E-state index contributed by atoms with van der Waals surface area (Å²) in [5.74, 6) is 0. The van der Waals surface area contributed by atoms with Gasteiger partial charge in [-0.25, -0.2) is 0 Å². The Hall–Kier alpha value is -0.380. The van der Waals surface area contributed by atoms with Gasteiger partial charge in [-0.15, -0.1) is 0 Å². The molecule has 1 aromatic carbocycles. The van der Waals surface area contributed by atoms with Gasteiger partial charge in [0.15, 0.2) is 0 Å². The molecule has 0 bridgehead atoms. The van der Waals surface area contributed by atoms with Crippen LogP contribution in [0.2, 0.25) is 0 Å². The molecule has 1 heterocycles. The first kappa shape index (κ1) is 9.19. The third kappa shape index (κ3) is 1.64. The molecule has 13 heavy (non-hydrogen) atoms. The van der Waals surface area contributed by atoms with Crippen molar-refractivity contribution >= 4 is 16.3 Å². The fraction of sp³-hybridized carbons (Fsp3) is 0.400. The van der Waals surface area contributed by atoms with Crippen LogP contribution in [0.3, 0.4) is 0 Å². The SMILES string of the molecule is CC(OBr)(c1ccccc1)C1CO1. The molecule has 70 valence electrons. The monoisotopic (exact) mass is 242 g/mol. The summed E-state index contributed by atoms with van der Waals surface area (Å²) in [5, 5.41) is 0. The minimum absolute atomic E-state index is 0.175. The molecule has 0 N–H and O–H groups in total. The average Bonchev–Trinajstić information content (AvgIpc) is 3.02. The molecular weight excluding hydrogens is 232 g/mol. The molecule has 1 aliphatic rings. The number of benzene rings is 1. The largest absolute Gasteiger partial charge is 0.370 e. The molecule has 2 nitrogen and oxygen atoms in total. The lowest BCUT2D eigenvalue weighted by atomic mass is 9.93. The Balaban J connectivity index is 2.30. The van der Waals surface area contributed by atoms with Gasteiger partial charge in [-0.3, -0.25) is 3.83 Å². The van der Waals surface area contributed by atoms with Crippen LogP contribution in [0.5, 0.6) is 0 Å². The molecule has 1 aromatic rings. The summed E-state index contributed by atoms with van der Waals surface area (Å²) in [6, 6.07) is 10.1. The normalized spacial score (nSPS) is 25.2. The van der Waals surface area contributed by atoms with Gasteiger partial charge in [0, 0.05) is 0 Å². The molecule has 1 aliphatic heterocycles. The van der Waals surface area contributed by atoms with E-state index in [2.05, 4.69) is 16.3 Å². The molecule has 2 unspecified atom stereocenters. The van der Waals surface area contributed by atoms with Crippen LogP contribution in [0.4, 0.5) is 0 Å². The molecule has 1 saturated heterocycles. The zero-order valence-electron chi connectivity index (χ0n) is 7.37. The van der Waals surface area contributed by atoms with Crippen LogP contribution in [-0.2, 0) is 14.2 Å². The molecule has 0 aromatic heterocycles. The Morgan fingerprint density at radius 2 is 2.08 bits per heavy atom. The Labute approximate surface area is 86.3 Å². The second-order valence-corrected chi connectivity index (χ2v) is 3.70. The van der Waals surface area contributed by atoms with Crippen LogP contribution in [0, 0.1) is 0 Å². The number of hydrogen-bond donors (Lipinski definition) is 0. The second kappa shape index (κ2) is 3.40. The summed E-state index contributed by atoms with van der Waals surface area (Å²) in [6.07, 6.45) is 0.175. The van der Waals surface area contributed by atoms with Crippen molar-refractivity contribution in [2.75, 3.05) is 6.61 Å². The van der Waals surface area contributed by atoms with Crippen molar-refractivity contribution in [2.45, 2.75) is 18.6 Å².